The highest BCUT2D eigenvalue weighted by Gasteiger charge is 2.40. The van der Waals surface area contributed by atoms with E-state index < -0.39 is 6.09 Å². The fourth-order valence-corrected chi connectivity index (χ4v) is 3.32. The topological polar surface area (TPSA) is 43.8 Å². The maximum Gasteiger partial charge on any atom is 0.407 e. The summed E-state index contributed by atoms with van der Waals surface area (Å²) in [5.41, 5.74) is 0.692. The summed E-state index contributed by atoms with van der Waals surface area (Å²) in [5, 5.41) is 8.99. The largest absolute Gasteiger partial charge is 0.465 e. The Labute approximate surface area is 110 Å². The molecule has 1 spiro atoms. The van der Waals surface area contributed by atoms with Gasteiger partial charge in [0, 0.05) is 18.6 Å². The van der Waals surface area contributed by atoms with Crippen molar-refractivity contribution in [1.82, 2.24) is 9.80 Å². The summed E-state index contributed by atoms with van der Waals surface area (Å²) < 4.78 is 0. The Balaban J connectivity index is 1.88. The minimum absolute atomic E-state index is 0.267. The van der Waals surface area contributed by atoms with Gasteiger partial charge in [0.1, 0.15) is 0 Å². The number of rotatable bonds is 0. The van der Waals surface area contributed by atoms with Crippen molar-refractivity contribution in [3.63, 3.8) is 0 Å². The van der Waals surface area contributed by atoms with E-state index in [0.717, 1.165) is 39.0 Å². The highest BCUT2D eigenvalue weighted by atomic mass is 16.4. The van der Waals surface area contributed by atoms with E-state index in [2.05, 4.69) is 25.7 Å². The van der Waals surface area contributed by atoms with Gasteiger partial charge in [0.2, 0.25) is 0 Å². The first kappa shape index (κ1) is 13.7. The molecule has 2 aliphatic rings. The second kappa shape index (κ2) is 4.72. The van der Waals surface area contributed by atoms with Crippen LogP contribution in [0, 0.1) is 5.41 Å². The number of piperidine rings is 2. The average molecular weight is 254 g/mol. The van der Waals surface area contributed by atoms with Gasteiger partial charge in [-0.25, -0.2) is 4.79 Å². The van der Waals surface area contributed by atoms with E-state index in [-0.39, 0.29) is 5.54 Å². The third kappa shape index (κ3) is 2.79. The summed E-state index contributed by atoms with van der Waals surface area (Å²) >= 11 is 0. The van der Waals surface area contributed by atoms with Crippen LogP contribution in [0.1, 0.15) is 46.5 Å². The average Bonchev–Trinajstić information content (AvgIpc) is 2.29. The number of carbonyl (C=O) groups is 1. The third-order valence-corrected chi connectivity index (χ3v) is 4.87. The van der Waals surface area contributed by atoms with Gasteiger partial charge in [0.25, 0.3) is 0 Å². The quantitative estimate of drug-likeness (QED) is 0.722. The molecule has 0 saturated carbocycles. The number of nitrogens with zero attached hydrogens (tertiary/aromatic N) is 2. The van der Waals surface area contributed by atoms with Gasteiger partial charge in [-0.15, -0.1) is 0 Å². The molecule has 0 aromatic carbocycles. The van der Waals surface area contributed by atoms with Crippen molar-refractivity contribution in [2.45, 2.75) is 52.0 Å². The molecule has 0 bridgehead atoms. The lowest BCUT2D eigenvalue weighted by Crippen LogP contribution is -2.52. The number of hydrogen-bond donors (Lipinski definition) is 1. The first-order chi connectivity index (χ1) is 8.32. The van der Waals surface area contributed by atoms with Crippen molar-refractivity contribution in [2.24, 2.45) is 5.41 Å². The third-order valence-electron chi connectivity index (χ3n) is 4.87. The van der Waals surface area contributed by atoms with Crippen LogP contribution in [0.25, 0.3) is 0 Å². The predicted octanol–water partition coefficient (Wildman–Crippen LogP) is 2.64. The molecule has 2 saturated heterocycles. The summed E-state index contributed by atoms with van der Waals surface area (Å²) in [6, 6.07) is 0. The molecule has 0 unspecified atom stereocenters. The molecule has 4 nitrogen and oxygen atoms in total. The molecule has 2 fully saturated rings. The SMILES string of the molecule is CC(C)(C)N1CCC2(CCN(C(=O)O)CC2)CC1. The fraction of sp³-hybridized carbons (Fsp3) is 0.929. The number of amides is 1. The summed E-state index contributed by atoms with van der Waals surface area (Å²) in [6.45, 7) is 10.6. The van der Waals surface area contributed by atoms with Crippen LogP contribution in [0.2, 0.25) is 0 Å². The van der Waals surface area contributed by atoms with E-state index >= 15 is 0 Å². The van der Waals surface area contributed by atoms with E-state index in [1.54, 1.807) is 4.90 Å². The van der Waals surface area contributed by atoms with Crippen molar-refractivity contribution in [1.29, 1.82) is 0 Å². The molecule has 2 heterocycles. The summed E-state index contributed by atoms with van der Waals surface area (Å²) in [6.07, 6.45) is 3.82. The second-order valence-corrected chi connectivity index (χ2v) is 6.93. The smallest absolute Gasteiger partial charge is 0.407 e. The zero-order chi connectivity index (χ0) is 13.4. The molecule has 1 N–H and O–H groups in total. The molecule has 0 atom stereocenters. The zero-order valence-electron chi connectivity index (χ0n) is 11.9. The van der Waals surface area contributed by atoms with Crippen molar-refractivity contribution in [3.8, 4) is 0 Å². The number of carboxylic acid groups (broad SMARTS) is 1. The number of hydrogen-bond acceptors (Lipinski definition) is 2. The normalized spacial score (nSPS) is 25.4. The van der Waals surface area contributed by atoms with E-state index in [4.69, 9.17) is 5.11 Å². The molecule has 1 amide bonds. The Kier molecular flexibility index (Phi) is 3.58. The summed E-state index contributed by atoms with van der Waals surface area (Å²) in [5.74, 6) is 0. The molecule has 2 aliphatic heterocycles. The highest BCUT2D eigenvalue weighted by molar-refractivity contribution is 5.65. The van der Waals surface area contributed by atoms with Gasteiger partial charge >= 0.3 is 6.09 Å². The highest BCUT2D eigenvalue weighted by Crippen LogP contribution is 2.42. The van der Waals surface area contributed by atoms with Gasteiger partial charge in [0.15, 0.2) is 0 Å². The van der Waals surface area contributed by atoms with Crippen LogP contribution >= 0.6 is 0 Å². The van der Waals surface area contributed by atoms with Crippen LogP contribution in [-0.4, -0.2) is 52.7 Å². The van der Waals surface area contributed by atoms with Crippen LogP contribution in [-0.2, 0) is 0 Å². The van der Waals surface area contributed by atoms with Crippen LogP contribution in [0.15, 0.2) is 0 Å². The molecule has 0 aromatic rings. The number of likely N-dealkylation sites (tertiary alicyclic amines) is 2. The molecular formula is C14H26N2O2. The van der Waals surface area contributed by atoms with Gasteiger partial charge in [-0.05, 0) is 65.0 Å². The lowest BCUT2D eigenvalue weighted by atomic mass is 9.70. The van der Waals surface area contributed by atoms with Crippen LogP contribution in [0.3, 0.4) is 0 Å². The predicted molar refractivity (Wildman–Crippen MR) is 71.8 cm³/mol. The first-order valence-corrected chi connectivity index (χ1v) is 7.05. The first-order valence-electron chi connectivity index (χ1n) is 7.05. The van der Waals surface area contributed by atoms with Gasteiger partial charge in [-0.1, -0.05) is 0 Å². The molecule has 18 heavy (non-hydrogen) atoms. The van der Waals surface area contributed by atoms with E-state index in [1.165, 1.54) is 12.8 Å². The molecule has 4 heteroatoms. The van der Waals surface area contributed by atoms with Gasteiger partial charge < -0.3 is 10.0 Å². The summed E-state index contributed by atoms with van der Waals surface area (Å²) in [4.78, 5) is 15.1. The maximum atomic E-state index is 10.9. The van der Waals surface area contributed by atoms with Gasteiger partial charge in [0.05, 0.1) is 0 Å². The van der Waals surface area contributed by atoms with Gasteiger partial charge in [-0.3, -0.25) is 4.90 Å². The Hall–Kier alpha value is -0.770. The molecule has 0 radical (unpaired) electrons. The van der Waals surface area contributed by atoms with Crippen molar-refractivity contribution in [3.05, 3.63) is 0 Å². The summed E-state index contributed by atoms with van der Waals surface area (Å²) in [7, 11) is 0. The Morgan fingerprint density at radius 2 is 1.44 bits per heavy atom. The van der Waals surface area contributed by atoms with E-state index in [1.807, 2.05) is 0 Å². The Morgan fingerprint density at radius 1 is 1.00 bits per heavy atom. The zero-order valence-corrected chi connectivity index (χ0v) is 11.9. The van der Waals surface area contributed by atoms with Crippen molar-refractivity contribution < 1.29 is 9.90 Å². The Bertz CT molecular complexity index is 304. The lowest BCUT2D eigenvalue weighted by molar-refractivity contribution is 0.00616. The van der Waals surface area contributed by atoms with Crippen LogP contribution in [0.4, 0.5) is 4.79 Å². The molecule has 2 rings (SSSR count). The van der Waals surface area contributed by atoms with Crippen LogP contribution in [0.5, 0.6) is 0 Å². The monoisotopic (exact) mass is 254 g/mol. The molecule has 0 aromatic heterocycles. The van der Waals surface area contributed by atoms with Gasteiger partial charge in [-0.2, -0.15) is 0 Å². The second-order valence-electron chi connectivity index (χ2n) is 6.93. The van der Waals surface area contributed by atoms with E-state index in [0.29, 0.717) is 5.41 Å². The molecule has 0 aliphatic carbocycles. The Morgan fingerprint density at radius 3 is 1.83 bits per heavy atom. The minimum Gasteiger partial charge on any atom is -0.465 e. The minimum atomic E-state index is -0.753. The fourth-order valence-electron chi connectivity index (χ4n) is 3.32. The standard InChI is InChI=1S/C14H26N2O2/c1-13(2,3)16-10-6-14(7-11-16)4-8-15(9-5-14)12(17)18/h4-11H2,1-3H3,(H,17,18). The van der Waals surface area contributed by atoms with Crippen LogP contribution < -0.4 is 0 Å². The van der Waals surface area contributed by atoms with E-state index in [9.17, 15) is 4.79 Å². The van der Waals surface area contributed by atoms with Crippen molar-refractivity contribution in [2.75, 3.05) is 26.2 Å². The maximum absolute atomic E-state index is 10.9. The molecule has 104 valence electrons. The molecular weight excluding hydrogens is 228 g/mol. The van der Waals surface area contributed by atoms with Crippen molar-refractivity contribution >= 4 is 6.09 Å². The lowest BCUT2D eigenvalue weighted by Gasteiger charge is -2.49.